The first-order valence-corrected chi connectivity index (χ1v) is 5.06. The predicted molar refractivity (Wildman–Crippen MR) is 64.6 cm³/mol. The van der Waals surface area contributed by atoms with E-state index >= 15 is 0 Å². The summed E-state index contributed by atoms with van der Waals surface area (Å²) in [5, 5.41) is 2.66. The molecule has 0 atom stereocenters. The number of ether oxygens (including phenoxy) is 1. The lowest BCUT2D eigenvalue weighted by atomic mass is 10.3. The summed E-state index contributed by atoms with van der Waals surface area (Å²) in [6, 6.07) is 6.65. The summed E-state index contributed by atoms with van der Waals surface area (Å²) in [6.07, 6.45) is 3.08. The SMILES string of the molecule is CC=CC(=O)Nc1ccc(OCC(N)=O)cc1. The van der Waals surface area contributed by atoms with Crippen LogP contribution in [0.25, 0.3) is 0 Å². The van der Waals surface area contributed by atoms with E-state index in [1.165, 1.54) is 6.08 Å². The van der Waals surface area contributed by atoms with Gasteiger partial charge in [-0.05, 0) is 37.3 Å². The lowest BCUT2D eigenvalue weighted by Crippen LogP contribution is -2.20. The van der Waals surface area contributed by atoms with Crippen molar-refractivity contribution in [2.24, 2.45) is 5.73 Å². The zero-order valence-corrected chi connectivity index (χ0v) is 9.47. The summed E-state index contributed by atoms with van der Waals surface area (Å²) in [4.78, 5) is 21.7. The molecule has 5 heteroatoms. The van der Waals surface area contributed by atoms with Crippen LogP contribution in [0.3, 0.4) is 0 Å². The fourth-order valence-corrected chi connectivity index (χ4v) is 1.12. The fourth-order valence-electron chi connectivity index (χ4n) is 1.12. The van der Waals surface area contributed by atoms with E-state index in [9.17, 15) is 9.59 Å². The number of nitrogens with two attached hydrogens (primary N) is 1. The second kappa shape index (κ2) is 6.32. The Hall–Kier alpha value is -2.30. The lowest BCUT2D eigenvalue weighted by molar-refractivity contribution is -0.120. The van der Waals surface area contributed by atoms with Crippen molar-refractivity contribution in [3.05, 3.63) is 36.4 Å². The molecule has 0 saturated heterocycles. The highest BCUT2D eigenvalue weighted by Gasteiger charge is 1.99. The van der Waals surface area contributed by atoms with Crippen molar-refractivity contribution >= 4 is 17.5 Å². The molecule has 1 aromatic rings. The minimum Gasteiger partial charge on any atom is -0.484 e. The van der Waals surface area contributed by atoms with Gasteiger partial charge in [0.1, 0.15) is 5.75 Å². The van der Waals surface area contributed by atoms with E-state index in [1.54, 1.807) is 37.3 Å². The molecular formula is C12H14N2O3. The summed E-state index contributed by atoms with van der Waals surface area (Å²) in [5.74, 6) is -0.207. The Bertz CT molecular complexity index is 424. The van der Waals surface area contributed by atoms with Gasteiger partial charge in [-0.25, -0.2) is 0 Å². The Morgan fingerprint density at radius 2 is 2.00 bits per heavy atom. The molecular weight excluding hydrogens is 220 g/mol. The number of hydrogen-bond donors (Lipinski definition) is 2. The van der Waals surface area contributed by atoms with Crippen LogP contribution in [-0.4, -0.2) is 18.4 Å². The van der Waals surface area contributed by atoms with Gasteiger partial charge >= 0.3 is 0 Å². The topological polar surface area (TPSA) is 81.4 Å². The third kappa shape index (κ3) is 4.83. The van der Waals surface area contributed by atoms with Gasteiger partial charge in [-0.2, -0.15) is 0 Å². The van der Waals surface area contributed by atoms with Gasteiger partial charge in [-0.15, -0.1) is 0 Å². The van der Waals surface area contributed by atoms with Crippen molar-refractivity contribution in [1.29, 1.82) is 0 Å². The van der Waals surface area contributed by atoms with E-state index in [0.29, 0.717) is 11.4 Å². The first-order chi connectivity index (χ1) is 8.11. The van der Waals surface area contributed by atoms with Crippen molar-refractivity contribution in [1.82, 2.24) is 0 Å². The summed E-state index contributed by atoms with van der Waals surface area (Å²) >= 11 is 0. The molecule has 0 radical (unpaired) electrons. The summed E-state index contributed by atoms with van der Waals surface area (Å²) < 4.78 is 5.07. The molecule has 0 heterocycles. The molecule has 0 saturated carbocycles. The van der Waals surface area contributed by atoms with Crippen LogP contribution in [0.2, 0.25) is 0 Å². The number of carbonyl (C=O) groups excluding carboxylic acids is 2. The van der Waals surface area contributed by atoms with Gasteiger partial charge in [0.25, 0.3) is 5.91 Å². The van der Waals surface area contributed by atoms with Crippen LogP contribution in [0.1, 0.15) is 6.92 Å². The highest BCUT2D eigenvalue weighted by Crippen LogP contribution is 2.15. The van der Waals surface area contributed by atoms with Crippen molar-refractivity contribution in [2.75, 3.05) is 11.9 Å². The molecule has 0 aromatic heterocycles. The molecule has 1 rings (SSSR count). The summed E-state index contributed by atoms with van der Waals surface area (Å²) in [7, 11) is 0. The van der Waals surface area contributed by atoms with E-state index in [-0.39, 0.29) is 12.5 Å². The molecule has 1 aromatic carbocycles. The maximum absolute atomic E-state index is 11.2. The predicted octanol–water partition coefficient (Wildman–Crippen LogP) is 1.07. The second-order valence-electron chi connectivity index (χ2n) is 3.27. The smallest absolute Gasteiger partial charge is 0.255 e. The van der Waals surface area contributed by atoms with Gasteiger partial charge in [0.15, 0.2) is 6.61 Å². The molecule has 90 valence electrons. The highest BCUT2D eigenvalue weighted by atomic mass is 16.5. The molecule has 0 fully saturated rings. The van der Waals surface area contributed by atoms with Crippen LogP contribution >= 0.6 is 0 Å². The first-order valence-electron chi connectivity index (χ1n) is 5.06. The van der Waals surface area contributed by atoms with Crippen LogP contribution in [0, 0.1) is 0 Å². The van der Waals surface area contributed by atoms with Crippen molar-refractivity contribution in [3.63, 3.8) is 0 Å². The second-order valence-corrected chi connectivity index (χ2v) is 3.27. The Balaban J connectivity index is 2.55. The number of amides is 2. The zero-order valence-electron chi connectivity index (χ0n) is 9.47. The highest BCUT2D eigenvalue weighted by molar-refractivity contribution is 5.99. The molecule has 0 spiro atoms. The monoisotopic (exact) mass is 234 g/mol. The minimum absolute atomic E-state index is 0.162. The first kappa shape index (κ1) is 12.8. The normalized spacial score (nSPS) is 10.2. The van der Waals surface area contributed by atoms with Gasteiger partial charge in [0, 0.05) is 5.69 Å². The molecule has 0 aliphatic rings. The number of allylic oxidation sites excluding steroid dienone is 1. The van der Waals surface area contributed by atoms with E-state index < -0.39 is 5.91 Å². The number of hydrogen-bond acceptors (Lipinski definition) is 3. The molecule has 0 unspecified atom stereocenters. The summed E-state index contributed by atoms with van der Waals surface area (Å²) in [5.41, 5.74) is 5.59. The average molecular weight is 234 g/mol. The number of nitrogens with one attached hydrogen (secondary N) is 1. The molecule has 17 heavy (non-hydrogen) atoms. The third-order valence-corrected chi connectivity index (χ3v) is 1.82. The van der Waals surface area contributed by atoms with Crippen molar-refractivity contribution in [3.8, 4) is 5.75 Å². The quantitative estimate of drug-likeness (QED) is 0.747. The van der Waals surface area contributed by atoms with Crippen LogP contribution < -0.4 is 15.8 Å². The minimum atomic E-state index is -0.532. The maximum Gasteiger partial charge on any atom is 0.255 e. The standard InChI is InChI=1S/C12H14N2O3/c1-2-3-12(16)14-9-4-6-10(7-5-9)17-8-11(13)15/h2-7H,8H2,1H3,(H2,13,15)(H,14,16). The van der Waals surface area contributed by atoms with E-state index in [2.05, 4.69) is 5.32 Å². The van der Waals surface area contributed by atoms with Gasteiger partial charge in [-0.1, -0.05) is 6.08 Å². The number of anilines is 1. The molecule has 3 N–H and O–H groups in total. The molecule has 0 aliphatic carbocycles. The maximum atomic E-state index is 11.2. The number of carbonyl (C=O) groups is 2. The van der Waals surface area contributed by atoms with Crippen LogP contribution in [0.4, 0.5) is 5.69 Å². The molecule has 5 nitrogen and oxygen atoms in total. The zero-order chi connectivity index (χ0) is 12.7. The van der Waals surface area contributed by atoms with E-state index in [1.807, 2.05) is 0 Å². The van der Waals surface area contributed by atoms with Crippen LogP contribution in [-0.2, 0) is 9.59 Å². The van der Waals surface area contributed by atoms with E-state index in [4.69, 9.17) is 10.5 Å². The lowest BCUT2D eigenvalue weighted by Gasteiger charge is -2.05. The Morgan fingerprint density at radius 1 is 1.35 bits per heavy atom. The number of rotatable bonds is 5. The van der Waals surface area contributed by atoms with Crippen molar-refractivity contribution in [2.45, 2.75) is 6.92 Å². The van der Waals surface area contributed by atoms with Crippen LogP contribution in [0.15, 0.2) is 36.4 Å². The van der Waals surface area contributed by atoms with Gasteiger partial charge in [0.2, 0.25) is 5.91 Å². The number of primary amides is 1. The third-order valence-electron chi connectivity index (χ3n) is 1.82. The van der Waals surface area contributed by atoms with Crippen molar-refractivity contribution < 1.29 is 14.3 Å². The number of benzene rings is 1. The molecule has 0 aliphatic heterocycles. The van der Waals surface area contributed by atoms with Gasteiger partial charge in [0.05, 0.1) is 0 Å². The van der Waals surface area contributed by atoms with Gasteiger partial charge in [-0.3, -0.25) is 9.59 Å². The largest absolute Gasteiger partial charge is 0.484 e. The van der Waals surface area contributed by atoms with Crippen LogP contribution in [0.5, 0.6) is 5.75 Å². The Labute approximate surface area is 99.3 Å². The average Bonchev–Trinajstić information content (AvgIpc) is 2.28. The Morgan fingerprint density at radius 3 is 2.53 bits per heavy atom. The molecule has 0 bridgehead atoms. The molecule has 2 amide bonds. The fraction of sp³-hybridized carbons (Fsp3) is 0.167. The summed E-state index contributed by atoms with van der Waals surface area (Å²) in [6.45, 7) is 1.60. The van der Waals surface area contributed by atoms with E-state index in [0.717, 1.165) is 0 Å². The van der Waals surface area contributed by atoms with Gasteiger partial charge < -0.3 is 15.8 Å². The Kier molecular flexibility index (Phi) is 4.75.